The van der Waals surface area contributed by atoms with Gasteiger partial charge in [0.05, 0.1) is 17.2 Å². The molecule has 0 aliphatic rings. The largest absolute Gasteiger partial charge is 0.461 e. The highest BCUT2D eigenvalue weighted by Gasteiger charge is 2.30. The number of aryl methyl sites for hydroxylation is 2. The van der Waals surface area contributed by atoms with Crippen LogP contribution in [0.2, 0.25) is 0 Å². The lowest BCUT2D eigenvalue weighted by molar-refractivity contribution is -0.134. The van der Waals surface area contributed by atoms with Crippen molar-refractivity contribution in [3.8, 4) is 0 Å². The van der Waals surface area contributed by atoms with Gasteiger partial charge in [0.1, 0.15) is 0 Å². The summed E-state index contributed by atoms with van der Waals surface area (Å²) < 4.78 is 30.4. The molecule has 0 amide bonds. The third-order valence-corrected chi connectivity index (χ3v) is 5.00. The van der Waals surface area contributed by atoms with Crippen molar-refractivity contribution in [2.45, 2.75) is 25.7 Å². The van der Waals surface area contributed by atoms with E-state index in [1.165, 1.54) is 12.1 Å². The van der Waals surface area contributed by atoms with Crippen molar-refractivity contribution >= 4 is 26.5 Å². The Hall–Kier alpha value is -2.67. The molecule has 0 heterocycles. The minimum atomic E-state index is -4.11. The van der Waals surface area contributed by atoms with Crippen molar-refractivity contribution < 1.29 is 17.9 Å². The summed E-state index contributed by atoms with van der Waals surface area (Å²) in [5.41, 5.74) is 5.07. The van der Waals surface area contributed by atoms with E-state index >= 15 is 0 Å². The second-order valence-electron chi connectivity index (χ2n) is 5.44. The molecule has 6 nitrogen and oxygen atoms in total. The van der Waals surface area contributed by atoms with E-state index in [0.717, 1.165) is 11.1 Å². The topological polar surface area (TPSA) is 84.8 Å². The molecule has 0 radical (unpaired) electrons. The minimum Gasteiger partial charge on any atom is -0.461 e. The fourth-order valence-electron chi connectivity index (χ4n) is 2.07. The second kappa shape index (κ2) is 7.94. The van der Waals surface area contributed by atoms with E-state index in [2.05, 4.69) is 10.5 Å². The number of hydrogen-bond donors (Lipinski definition) is 1. The highest BCUT2D eigenvalue weighted by Crippen LogP contribution is 2.16. The summed E-state index contributed by atoms with van der Waals surface area (Å²) in [7, 11) is -4.11. The van der Waals surface area contributed by atoms with Crippen LogP contribution in [0, 0.1) is 13.8 Å². The van der Waals surface area contributed by atoms with E-state index in [9.17, 15) is 13.2 Å². The minimum absolute atomic E-state index is 0.0176. The van der Waals surface area contributed by atoms with E-state index in [1.807, 2.05) is 19.9 Å². The molecule has 0 aliphatic carbocycles. The van der Waals surface area contributed by atoms with Crippen LogP contribution >= 0.6 is 0 Å². The fourth-order valence-corrected chi connectivity index (χ4v) is 3.23. The molecule has 0 fully saturated rings. The number of nitrogens with one attached hydrogen (secondary N) is 1. The van der Waals surface area contributed by atoms with Gasteiger partial charge in [0.25, 0.3) is 5.04 Å². The van der Waals surface area contributed by atoms with Crippen LogP contribution in [0.5, 0.6) is 0 Å². The molecule has 25 heavy (non-hydrogen) atoms. The lowest BCUT2D eigenvalue weighted by Crippen LogP contribution is -2.28. The normalized spacial score (nSPS) is 11.9. The SMILES string of the molecule is CCOC(=O)/C(=N/Nc1cccc(C)c1)S(=O)(=O)c1ccc(C)cc1. The van der Waals surface area contributed by atoms with Crippen LogP contribution in [0.1, 0.15) is 18.1 Å². The summed E-state index contributed by atoms with van der Waals surface area (Å²) in [6, 6.07) is 13.4. The molecule has 0 bridgehead atoms. The molecule has 0 atom stereocenters. The van der Waals surface area contributed by atoms with Crippen LogP contribution < -0.4 is 5.43 Å². The number of sulfone groups is 1. The molecule has 2 rings (SSSR count). The van der Waals surface area contributed by atoms with Crippen molar-refractivity contribution in [2.24, 2.45) is 5.10 Å². The van der Waals surface area contributed by atoms with Gasteiger partial charge in [-0.25, -0.2) is 13.2 Å². The summed E-state index contributed by atoms with van der Waals surface area (Å²) in [5, 5.41) is 3.15. The third kappa shape index (κ3) is 4.67. The van der Waals surface area contributed by atoms with E-state index in [-0.39, 0.29) is 11.5 Å². The Morgan fingerprint density at radius 2 is 1.76 bits per heavy atom. The maximum Gasteiger partial charge on any atom is 0.371 e. The fraction of sp³-hybridized carbons (Fsp3) is 0.222. The average molecular weight is 360 g/mol. The second-order valence-corrected chi connectivity index (χ2v) is 7.30. The number of hydrazone groups is 1. The number of nitrogens with zero attached hydrogens (tertiary/aromatic N) is 1. The standard InChI is InChI=1S/C18H20N2O4S/c1-4-24-18(21)17(20-19-15-7-5-6-14(3)12-15)25(22,23)16-10-8-13(2)9-11-16/h5-12,19H,4H2,1-3H3/b20-17-. The number of esters is 1. The quantitative estimate of drug-likeness (QED) is 0.392. The van der Waals surface area contributed by atoms with Crippen LogP contribution in [0.3, 0.4) is 0 Å². The summed E-state index contributed by atoms with van der Waals surface area (Å²) in [4.78, 5) is 12.1. The molecule has 0 aliphatic heterocycles. The number of anilines is 1. The van der Waals surface area contributed by atoms with E-state index in [4.69, 9.17) is 4.74 Å². The van der Waals surface area contributed by atoms with Gasteiger partial charge in [-0.1, -0.05) is 29.8 Å². The zero-order valence-corrected chi connectivity index (χ0v) is 15.1. The van der Waals surface area contributed by atoms with Crippen molar-refractivity contribution in [1.82, 2.24) is 0 Å². The molecule has 0 saturated heterocycles. The molecule has 2 aromatic rings. The Balaban J connectivity index is 2.43. The van der Waals surface area contributed by atoms with Crippen molar-refractivity contribution in [3.05, 3.63) is 59.7 Å². The molecular weight excluding hydrogens is 340 g/mol. The smallest absolute Gasteiger partial charge is 0.371 e. The third-order valence-electron chi connectivity index (χ3n) is 3.34. The van der Waals surface area contributed by atoms with Crippen LogP contribution in [0.25, 0.3) is 0 Å². The number of hydrogen-bond acceptors (Lipinski definition) is 6. The molecule has 0 spiro atoms. The molecule has 2 aromatic carbocycles. The number of carbonyl (C=O) groups excluding carboxylic acids is 1. The monoisotopic (exact) mass is 360 g/mol. The van der Waals surface area contributed by atoms with Gasteiger partial charge in [-0.15, -0.1) is 0 Å². The Labute approximate surface area is 147 Å². The number of ether oxygens (including phenoxy) is 1. The van der Waals surface area contributed by atoms with Crippen molar-refractivity contribution in [3.63, 3.8) is 0 Å². The van der Waals surface area contributed by atoms with Gasteiger partial charge in [-0.2, -0.15) is 5.10 Å². The van der Waals surface area contributed by atoms with Crippen LogP contribution in [-0.4, -0.2) is 26.0 Å². The van der Waals surface area contributed by atoms with Gasteiger partial charge < -0.3 is 4.74 Å². The number of carbonyl (C=O) groups is 1. The van der Waals surface area contributed by atoms with Gasteiger partial charge in [0.15, 0.2) is 0 Å². The lowest BCUT2D eigenvalue weighted by Gasteiger charge is -2.09. The van der Waals surface area contributed by atoms with E-state index in [0.29, 0.717) is 5.69 Å². The molecule has 0 unspecified atom stereocenters. The predicted molar refractivity (Wildman–Crippen MR) is 97.2 cm³/mol. The molecular formula is C18H20N2O4S. The molecule has 7 heteroatoms. The van der Waals surface area contributed by atoms with Crippen LogP contribution in [0.15, 0.2) is 58.5 Å². The zero-order valence-electron chi connectivity index (χ0n) is 14.3. The van der Waals surface area contributed by atoms with Gasteiger partial charge >= 0.3 is 5.97 Å². The highest BCUT2D eigenvalue weighted by atomic mass is 32.2. The Morgan fingerprint density at radius 1 is 1.08 bits per heavy atom. The zero-order chi connectivity index (χ0) is 18.4. The van der Waals surface area contributed by atoms with E-state index < -0.39 is 20.9 Å². The first-order chi connectivity index (χ1) is 11.8. The molecule has 0 saturated carbocycles. The predicted octanol–water partition coefficient (Wildman–Crippen LogP) is 3.07. The summed E-state index contributed by atoms with van der Waals surface area (Å²) in [6.45, 7) is 5.38. The summed E-state index contributed by atoms with van der Waals surface area (Å²) in [6.07, 6.45) is 0. The molecule has 0 aromatic heterocycles. The summed E-state index contributed by atoms with van der Waals surface area (Å²) >= 11 is 0. The summed E-state index contributed by atoms with van der Waals surface area (Å²) in [5.74, 6) is -0.997. The van der Waals surface area contributed by atoms with Gasteiger partial charge in [0, 0.05) is 0 Å². The van der Waals surface area contributed by atoms with Crippen LogP contribution in [-0.2, 0) is 19.4 Å². The maximum absolute atomic E-state index is 12.8. The van der Waals surface area contributed by atoms with Crippen molar-refractivity contribution in [2.75, 3.05) is 12.0 Å². The number of rotatable bonds is 4. The van der Waals surface area contributed by atoms with E-state index in [1.54, 1.807) is 37.3 Å². The van der Waals surface area contributed by atoms with Crippen LogP contribution in [0.4, 0.5) is 5.69 Å². The first-order valence-corrected chi connectivity index (χ1v) is 9.22. The molecule has 132 valence electrons. The first-order valence-electron chi connectivity index (χ1n) is 7.74. The first kappa shape index (κ1) is 18.7. The van der Waals surface area contributed by atoms with Gasteiger partial charge in [0.2, 0.25) is 9.84 Å². The Kier molecular flexibility index (Phi) is 5.93. The lowest BCUT2D eigenvalue weighted by atomic mass is 10.2. The maximum atomic E-state index is 12.8. The average Bonchev–Trinajstić information content (AvgIpc) is 2.55. The van der Waals surface area contributed by atoms with Crippen molar-refractivity contribution in [1.29, 1.82) is 0 Å². The number of benzene rings is 2. The highest BCUT2D eigenvalue weighted by molar-refractivity contribution is 8.08. The van der Waals surface area contributed by atoms with Gasteiger partial charge in [-0.3, -0.25) is 5.43 Å². The Bertz CT molecular complexity index is 888. The Morgan fingerprint density at radius 3 is 2.36 bits per heavy atom. The van der Waals surface area contributed by atoms with Gasteiger partial charge in [-0.05, 0) is 50.6 Å². The molecule has 1 N–H and O–H groups in total.